The first-order valence-electron chi connectivity index (χ1n) is 31.0. The third-order valence-electron chi connectivity index (χ3n) is 17.8. The fourth-order valence-electron chi connectivity index (χ4n) is 13.4. The second-order valence-electron chi connectivity index (χ2n) is 25.0. The number of hydrogen-bond donors (Lipinski definition) is 1. The van der Waals surface area contributed by atoms with Gasteiger partial charge in [0.15, 0.2) is 11.4 Å². The SMILES string of the molecule is [CH2-]CCN1/C(=C/C=C2\CC(C(=O)NCCC(=O)N3Cc4ccccc4C#Cc4ccccc43)CC(/C=C/C3=[N+](CCCS(=O)(=O)[O-])c4ccc5[c-]cc(S(=O)(=O)[O-])cc5c4C3(C)C)=C2c2ccccc2F)C(C)(C)c2cc(N(CCCS(=O)(=O)[O-])CCCS(=O)(=O)[O-])ccc21.[Na+].[Na+].[Na+].[Na+].[Na+]. The fraction of sp³-hybridized carbons (Fsp3) is 0.324. The molecule has 500 valence electrons. The molecule has 1 unspecified atom stereocenters. The van der Waals surface area contributed by atoms with Gasteiger partial charge in [-0.2, -0.15) is 11.0 Å². The van der Waals surface area contributed by atoms with E-state index < -0.39 is 91.1 Å². The van der Waals surface area contributed by atoms with Crippen LogP contribution in [-0.4, -0.2) is 124 Å². The summed E-state index contributed by atoms with van der Waals surface area (Å²) in [4.78, 5) is 34.5. The maximum atomic E-state index is 16.9. The average Bonchev–Trinajstić information content (AvgIpc) is 1.56. The van der Waals surface area contributed by atoms with Gasteiger partial charge in [0.1, 0.15) is 12.4 Å². The Bertz CT molecular complexity index is 4770. The van der Waals surface area contributed by atoms with Crippen molar-refractivity contribution in [2.24, 2.45) is 5.92 Å². The summed E-state index contributed by atoms with van der Waals surface area (Å²) in [7, 11) is -18.8. The number of nitrogens with zero attached hydrogens (tertiary/aromatic N) is 4. The van der Waals surface area contributed by atoms with Gasteiger partial charge in [0, 0.05) is 106 Å². The topological polar surface area (TPSA) is 288 Å². The molecule has 3 aliphatic heterocycles. The van der Waals surface area contributed by atoms with Crippen LogP contribution in [0.5, 0.6) is 0 Å². The molecule has 2 amide bonds. The molecule has 4 aliphatic rings. The third kappa shape index (κ3) is 20.9. The number of hydrogen-bond acceptors (Lipinski definition) is 16. The van der Waals surface area contributed by atoms with Gasteiger partial charge >= 0.3 is 148 Å². The number of carbonyl (C=O) groups excluding carboxylic acids is 2. The first kappa shape index (κ1) is 87.5. The zero-order chi connectivity index (χ0) is 68.4. The number of amides is 2. The molecule has 1 atom stereocenters. The molecule has 0 saturated heterocycles. The van der Waals surface area contributed by atoms with E-state index >= 15 is 9.18 Å². The maximum Gasteiger partial charge on any atom is 1.00 e. The normalized spacial score (nSPS) is 16.8. The number of para-hydroxylation sites is 1. The summed E-state index contributed by atoms with van der Waals surface area (Å²) in [6, 6.07) is 35.5. The Morgan fingerprint density at radius 1 is 0.730 bits per heavy atom. The monoisotopic (exact) mass is 1480 g/mol. The van der Waals surface area contributed by atoms with Crippen LogP contribution < -0.4 is 168 Å². The van der Waals surface area contributed by atoms with Crippen molar-refractivity contribution in [2.75, 3.05) is 64.7 Å². The van der Waals surface area contributed by atoms with E-state index in [0.29, 0.717) is 74.4 Å². The minimum absolute atomic E-state index is 0. The van der Waals surface area contributed by atoms with E-state index in [0.717, 1.165) is 34.1 Å². The number of carbonyl (C=O) groups is 2. The van der Waals surface area contributed by atoms with Gasteiger partial charge in [-0.15, -0.1) is 29.7 Å². The van der Waals surface area contributed by atoms with E-state index in [-0.39, 0.29) is 231 Å². The smallest absolute Gasteiger partial charge is 0.752 e. The summed E-state index contributed by atoms with van der Waals surface area (Å²) in [5, 5.41) is 3.93. The van der Waals surface area contributed by atoms with E-state index in [9.17, 15) is 56.7 Å². The standard InChI is InChI=1S/C71H75FN5O14S4.5Na/c1-6-36-75-62-31-28-55(74(37-13-40-92(80,81)82)38-14-41-93(83,84)85)45-59(62)70(2,3)64(75)32-26-51-43-54(69(79)73-35-34-66(78)77-47-53-18-8-7-16-48(53)22-23-50-17-9-12-21-61(50)77)44-52(67(51)57-19-10-11-20-60(57)72)27-33-65-71(4,5)68-58-46-56(95(89,90)91)29-24-49(58)25-30-63(68)76(65)39-15-42-94(86,87)88;;;;;/h7-12,16-21,25-33,45-46,54H,1,6,13-15,34-44,47H2,2-5H3,(H,73,79)(H,80,81,82)(H,83,84,85)(H,86,87,88)(H,89,90,91);;;;;/q-1;5*+1/p-4. The Morgan fingerprint density at radius 3 is 2.00 bits per heavy atom. The summed E-state index contributed by atoms with van der Waals surface area (Å²) < 4.78 is 162. The Labute approximate surface area is 697 Å². The van der Waals surface area contributed by atoms with Crippen molar-refractivity contribution in [1.82, 2.24) is 5.32 Å². The number of allylic oxidation sites excluding steroid dienone is 8. The number of nitrogens with one attached hydrogen (secondary N) is 1. The number of anilines is 3. The van der Waals surface area contributed by atoms with Gasteiger partial charge in [-0.3, -0.25) is 9.59 Å². The predicted molar refractivity (Wildman–Crippen MR) is 359 cm³/mol. The largest absolute Gasteiger partial charge is 1.00 e. The van der Waals surface area contributed by atoms with Crippen molar-refractivity contribution in [1.29, 1.82) is 0 Å². The summed E-state index contributed by atoms with van der Waals surface area (Å²) in [6.45, 7) is 12.6. The minimum atomic E-state index is -4.95. The van der Waals surface area contributed by atoms with Crippen LogP contribution in [0.1, 0.15) is 106 Å². The van der Waals surface area contributed by atoms with Crippen LogP contribution >= 0.6 is 0 Å². The van der Waals surface area contributed by atoms with Crippen LogP contribution in [0.3, 0.4) is 0 Å². The molecule has 100 heavy (non-hydrogen) atoms. The predicted octanol–water partition coefficient (Wildman–Crippen LogP) is -5.60. The number of fused-ring (bicyclic) bond motifs is 6. The number of halogens is 1. The van der Waals surface area contributed by atoms with Crippen molar-refractivity contribution in [3.05, 3.63) is 209 Å². The summed E-state index contributed by atoms with van der Waals surface area (Å²) in [6.07, 6.45) is 7.54. The summed E-state index contributed by atoms with van der Waals surface area (Å²) in [5.74, 6) is 2.31. The molecule has 0 aromatic heterocycles. The zero-order valence-corrected chi connectivity index (χ0v) is 71.2. The molecule has 0 saturated carbocycles. The molecule has 6 aromatic rings. The molecular weight excluding hydrogens is 1410 g/mol. The van der Waals surface area contributed by atoms with Crippen molar-refractivity contribution >= 4 is 97.1 Å². The maximum absolute atomic E-state index is 16.9. The van der Waals surface area contributed by atoms with Gasteiger partial charge in [-0.1, -0.05) is 91.8 Å². The van der Waals surface area contributed by atoms with Crippen molar-refractivity contribution in [3.63, 3.8) is 0 Å². The second-order valence-corrected chi connectivity index (χ2v) is 31.0. The number of benzene rings is 6. The fourth-order valence-corrected chi connectivity index (χ4v) is 15.3. The molecule has 0 radical (unpaired) electrons. The molecule has 3 heterocycles. The molecule has 1 aliphatic carbocycles. The van der Waals surface area contributed by atoms with Gasteiger partial charge in [0.25, 0.3) is 0 Å². The molecule has 10 rings (SSSR count). The minimum Gasteiger partial charge on any atom is -0.752 e. The number of rotatable bonds is 24. The Morgan fingerprint density at radius 2 is 1.35 bits per heavy atom. The Kier molecular flexibility index (Phi) is 31.9. The van der Waals surface area contributed by atoms with Gasteiger partial charge in [0.05, 0.1) is 58.1 Å². The van der Waals surface area contributed by atoms with Crippen LogP contribution in [0.15, 0.2) is 161 Å². The molecule has 0 bridgehead atoms. The quantitative estimate of drug-likeness (QED) is 0.0194. The Balaban J connectivity index is 0.00000361. The molecule has 0 fully saturated rings. The molecule has 6 aromatic carbocycles. The summed E-state index contributed by atoms with van der Waals surface area (Å²) in [5.41, 5.74) is 7.39. The molecular formula is C71H71FN5Na5O14S4. The van der Waals surface area contributed by atoms with E-state index in [1.54, 1.807) is 58.4 Å². The molecule has 0 spiro atoms. The first-order chi connectivity index (χ1) is 44.8. The molecule has 1 N–H and O–H groups in total. The third-order valence-corrected chi connectivity index (χ3v) is 21.0. The zero-order valence-electron chi connectivity index (χ0n) is 57.9. The van der Waals surface area contributed by atoms with Crippen LogP contribution in [0.25, 0.3) is 16.3 Å². The average molecular weight is 1480 g/mol. The van der Waals surface area contributed by atoms with Gasteiger partial charge < -0.3 is 45.2 Å². The van der Waals surface area contributed by atoms with Crippen LogP contribution in [0.4, 0.5) is 27.1 Å². The van der Waals surface area contributed by atoms with Crippen LogP contribution in [-0.2, 0) is 67.4 Å². The van der Waals surface area contributed by atoms with E-state index in [1.165, 1.54) is 12.1 Å². The molecule has 19 nitrogen and oxygen atoms in total. The first-order valence-corrected chi connectivity index (χ1v) is 37.2. The van der Waals surface area contributed by atoms with Crippen LogP contribution in [0.2, 0.25) is 0 Å². The summed E-state index contributed by atoms with van der Waals surface area (Å²) >= 11 is 0. The van der Waals surface area contributed by atoms with Crippen LogP contribution in [0, 0.1) is 36.6 Å². The van der Waals surface area contributed by atoms with Crippen molar-refractivity contribution < 1.29 is 218 Å². The molecule has 29 heteroatoms. The Hall–Kier alpha value is -3.12. The second kappa shape index (κ2) is 36.5. The van der Waals surface area contributed by atoms with Crippen molar-refractivity contribution in [2.45, 2.75) is 94.9 Å². The van der Waals surface area contributed by atoms with E-state index in [1.807, 2.05) is 105 Å². The van der Waals surface area contributed by atoms with Crippen molar-refractivity contribution in [3.8, 4) is 11.8 Å². The van der Waals surface area contributed by atoms with E-state index in [2.05, 4.69) is 35.0 Å². The van der Waals surface area contributed by atoms with Gasteiger partial charge in [-0.05, 0) is 133 Å². The van der Waals surface area contributed by atoms with Gasteiger partial charge in [-0.25, -0.2) is 38.1 Å². The van der Waals surface area contributed by atoms with E-state index in [4.69, 9.17) is 0 Å². The van der Waals surface area contributed by atoms with Gasteiger partial charge in [0.2, 0.25) is 11.8 Å².